The summed E-state index contributed by atoms with van der Waals surface area (Å²) in [5.41, 5.74) is 0. The van der Waals surface area contributed by atoms with Gasteiger partial charge in [-0.3, -0.25) is 28.2 Å². The van der Waals surface area contributed by atoms with Gasteiger partial charge in [-0.1, -0.05) is 194 Å². The summed E-state index contributed by atoms with van der Waals surface area (Å²) >= 11 is 0. The van der Waals surface area contributed by atoms with Gasteiger partial charge in [0.05, 0.1) is 19.6 Å². The molecule has 0 spiro atoms. The number of ether oxygens (including phenoxy) is 2. The van der Waals surface area contributed by atoms with Crippen LogP contribution >= 0.6 is 7.82 Å². The fraction of sp³-hybridized carbons (Fsp3) is 0.911. The minimum absolute atomic E-state index is 0.138. The molecule has 0 aromatic carbocycles. The second-order valence-electron chi connectivity index (χ2n) is 16.0. The zero-order valence-electron chi connectivity index (χ0n) is 37.0. The van der Waals surface area contributed by atoms with Crippen LogP contribution in [0, 0.1) is 0 Å². The Labute approximate surface area is 353 Å². The normalized spacial score (nSPS) is 12.9. The number of esters is 2. The second-order valence-corrected chi connectivity index (χ2v) is 17.5. The highest BCUT2D eigenvalue weighted by Crippen LogP contribution is 2.43. The van der Waals surface area contributed by atoms with Crippen LogP contribution in [0.4, 0.5) is 0 Å². The third-order valence-electron chi connectivity index (χ3n) is 10.4. The molecule has 0 heterocycles. The van der Waals surface area contributed by atoms with Crippen LogP contribution in [0.2, 0.25) is 0 Å². The van der Waals surface area contributed by atoms with Crippen molar-refractivity contribution in [3.05, 3.63) is 0 Å². The predicted molar refractivity (Wildman–Crippen MR) is 232 cm³/mol. The number of amides is 1. The van der Waals surface area contributed by atoms with Gasteiger partial charge in [0.15, 0.2) is 6.10 Å². The van der Waals surface area contributed by atoms with Crippen LogP contribution in [0.3, 0.4) is 0 Å². The number of carbonyl (C=O) groups is 4. The molecule has 0 radical (unpaired) electrons. The smallest absolute Gasteiger partial charge is 0.472 e. The molecule has 12 nitrogen and oxygen atoms in total. The largest absolute Gasteiger partial charge is 0.481 e. The third-order valence-corrected chi connectivity index (χ3v) is 11.3. The fourth-order valence-electron chi connectivity index (χ4n) is 6.78. The molecule has 0 aliphatic rings. The van der Waals surface area contributed by atoms with Crippen LogP contribution in [0.25, 0.3) is 0 Å². The molecule has 3 N–H and O–H groups in total. The van der Waals surface area contributed by atoms with Gasteiger partial charge in [-0.05, 0) is 12.8 Å². The van der Waals surface area contributed by atoms with Crippen LogP contribution in [-0.4, -0.2) is 66.3 Å². The van der Waals surface area contributed by atoms with Crippen LogP contribution < -0.4 is 5.32 Å². The van der Waals surface area contributed by atoms with Gasteiger partial charge in [0, 0.05) is 25.8 Å². The van der Waals surface area contributed by atoms with Crippen molar-refractivity contribution in [3.63, 3.8) is 0 Å². The summed E-state index contributed by atoms with van der Waals surface area (Å²) in [7, 11) is -4.61. The summed E-state index contributed by atoms with van der Waals surface area (Å²) in [6.45, 7) is 3.14. The molecule has 0 aliphatic carbocycles. The van der Waals surface area contributed by atoms with Crippen LogP contribution in [0.15, 0.2) is 0 Å². The van der Waals surface area contributed by atoms with Gasteiger partial charge in [-0.25, -0.2) is 4.57 Å². The zero-order chi connectivity index (χ0) is 42.8. The van der Waals surface area contributed by atoms with Crippen LogP contribution in [-0.2, 0) is 42.3 Å². The summed E-state index contributed by atoms with van der Waals surface area (Å²) in [4.78, 5) is 57.6. The number of hydrogen-bond donors (Lipinski definition) is 3. The lowest BCUT2D eigenvalue weighted by Gasteiger charge is -2.20. The van der Waals surface area contributed by atoms with E-state index in [9.17, 15) is 28.6 Å². The molecule has 0 aromatic heterocycles. The number of carboxylic acid groups (broad SMARTS) is 1. The molecule has 0 saturated carbocycles. The van der Waals surface area contributed by atoms with E-state index in [1.165, 1.54) is 141 Å². The summed E-state index contributed by atoms with van der Waals surface area (Å²) in [5, 5.41) is 11.1. The maximum atomic E-state index is 12.7. The zero-order valence-corrected chi connectivity index (χ0v) is 37.9. The molecule has 0 aromatic rings. The van der Waals surface area contributed by atoms with E-state index in [1.807, 2.05) is 0 Å². The van der Waals surface area contributed by atoms with Gasteiger partial charge in [0.25, 0.3) is 0 Å². The summed E-state index contributed by atoms with van der Waals surface area (Å²) in [5.74, 6) is -2.58. The van der Waals surface area contributed by atoms with Gasteiger partial charge in [0.1, 0.15) is 6.61 Å². The number of phosphoric acid groups is 1. The number of aliphatic carboxylic acids is 1. The number of rotatable bonds is 45. The summed E-state index contributed by atoms with van der Waals surface area (Å²) < 4.78 is 33.3. The topological polar surface area (TPSA) is 175 Å². The predicted octanol–water partition coefficient (Wildman–Crippen LogP) is 12.1. The number of phosphoric ester groups is 1. The van der Waals surface area contributed by atoms with Crippen molar-refractivity contribution in [2.45, 2.75) is 238 Å². The molecule has 0 rings (SSSR count). The number of carbonyl (C=O) groups excluding carboxylic acids is 3. The van der Waals surface area contributed by atoms with E-state index in [-0.39, 0.29) is 45.4 Å². The van der Waals surface area contributed by atoms with Gasteiger partial charge in [-0.2, -0.15) is 0 Å². The second kappa shape index (κ2) is 41.7. The molecule has 58 heavy (non-hydrogen) atoms. The van der Waals surface area contributed by atoms with Gasteiger partial charge in [-0.15, -0.1) is 0 Å². The Hall–Kier alpha value is -2.01. The Morgan fingerprint density at radius 2 is 0.879 bits per heavy atom. The first kappa shape index (κ1) is 56.0. The van der Waals surface area contributed by atoms with Crippen LogP contribution in [0.5, 0.6) is 0 Å². The molecular formula is C45H86NO11P. The van der Waals surface area contributed by atoms with Crippen molar-refractivity contribution in [2.75, 3.05) is 26.4 Å². The number of carboxylic acids is 1. The van der Waals surface area contributed by atoms with Crippen molar-refractivity contribution in [3.8, 4) is 0 Å². The maximum Gasteiger partial charge on any atom is 0.472 e. The summed E-state index contributed by atoms with van der Waals surface area (Å²) in [6.07, 6.45) is 35.3. The SMILES string of the molecule is CCCCCCCCCCCCCCCCCC(=O)OCC(COP(=O)(O)OCCNC(=O)CCC(=O)O)OC(=O)CCCCCCCCCCCCCCCCC. The Morgan fingerprint density at radius 1 is 0.500 bits per heavy atom. The lowest BCUT2D eigenvalue weighted by molar-refractivity contribution is -0.161. The first-order chi connectivity index (χ1) is 28.1. The van der Waals surface area contributed by atoms with Gasteiger partial charge in [0.2, 0.25) is 5.91 Å². The average molecular weight is 848 g/mol. The molecular weight excluding hydrogens is 761 g/mol. The van der Waals surface area contributed by atoms with E-state index in [1.54, 1.807) is 0 Å². The van der Waals surface area contributed by atoms with E-state index in [2.05, 4.69) is 19.2 Å². The molecule has 2 unspecified atom stereocenters. The van der Waals surface area contributed by atoms with Crippen LogP contribution in [0.1, 0.15) is 232 Å². The monoisotopic (exact) mass is 848 g/mol. The number of unbranched alkanes of at least 4 members (excludes halogenated alkanes) is 28. The van der Waals surface area contributed by atoms with Gasteiger partial charge < -0.3 is 24.8 Å². The van der Waals surface area contributed by atoms with Gasteiger partial charge >= 0.3 is 25.7 Å². The first-order valence-electron chi connectivity index (χ1n) is 23.5. The highest BCUT2D eigenvalue weighted by atomic mass is 31.2. The van der Waals surface area contributed by atoms with E-state index >= 15 is 0 Å². The molecule has 1 amide bonds. The molecule has 0 bridgehead atoms. The third kappa shape index (κ3) is 42.1. The highest BCUT2D eigenvalue weighted by Gasteiger charge is 2.26. The lowest BCUT2D eigenvalue weighted by Crippen LogP contribution is -2.30. The van der Waals surface area contributed by atoms with E-state index in [4.69, 9.17) is 23.6 Å². The minimum atomic E-state index is -4.61. The molecule has 2 atom stereocenters. The average Bonchev–Trinajstić information content (AvgIpc) is 3.19. The summed E-state index contributed by atoms with van der Waals surface area (Å²) in [6, 6.07) is 0. The molecule has 0 fully saturated rings. The van der Waals surface area contributed by atoms with Crippen molar-refractivity contribution in [1.82, 2.24) is 5.32 Å². The maximum absolute atomic E-state index is 12.7. The first-order valence-corrected chi connectivity index (χ1v) is 25.0. The van der Waals surface area contributed by atoms with E-state index < -0.39 is 44.3 Å². The number of nitrogens with one attached hydrogen (secondary N) is 1. The fourth-order valence-corrected chi connectivity index (χ4v) is 7.53. The Morgan fingerprint density at radius 3 is 1.28 bits per heavy atom. The van der Waals surface area contributed by atoms with E-state index in [0.29, 0.717) is 12.8 Å². The Kier molecular flexibility index (Phi) is 40.3. The lowest BCUT2D eigenvalue weighted by atomic mass is 10.0. The number of hydrogen-bond acceptors (Lipinski definition) is 9. The van der Waals surface area contributed by atoms with Crippen molar-refractivity contribution < 1.29 is 52.3 Å². The molecule has 13 heteroatoms. The molecule has 342 valence electrons. The molecule has 0 saturated heterocycles. The Bertz CT molecular complexity index is 1040. The van der Waals surface area contributed by atoms with Crippen molar-refractivity contribution in [2.24, 2.45) is 0 Å². The van der Waals surface area contributed by atoms with Crippen molar-refractivity contribution >= 4 is 31.6 Å². The highest BCUT2D eigenvalue weighted by molar-refractivity contribution is 7.47. The Balaban J connectivity index is 4.44. The minimum Gasteiger partial charge on any atom is -0.481 e. The quantitative estimate of drug-likeness (QED) is 0.0302. The van der Waals surface area contributed by atoms with Crippen molar-refractivity contribution in [1.29, 1.82) is 0 Å². The standard InChI is InChI=1S/C45H86NO11P/c1-3-5-7-9-11-13-15-17-19-21-23-25-27-29-31-33-44(50)54-39-41(40-56-58(52,53)55-38-37-46-42(47)35-36-43(48)49)57-45(51)34-32-30-28-26-24-22-20-18-16-14-12-10-8-6-4-2/h41H,3-40H2,1-2H3,(H,46,47)(H,48,49)(H,52,53). The van der Waals surface area contributed by atoms with E-state index in [0.717, 1.165) is 38.5 Å². The molecule has 0 aliphatic heterocycles.